The molecule has 0 aromatic carbocycles. The number of hydrogen-bond donors (Lipinski definition) is 1. The minimum absolute atomic E-state index is 0.241. The van der Waals surface area contributed by atoms with Crippen molar-refractivity contribution >= 4 is 11.6 Å². The topological polar surface area (TPSA) is 58.6 Å². The van der Waals surface area contributed by atoms with Crippen LogP contribution in [0.2, 0.25) is 5.15 Å². The first-order valence-corrected chi connectivity index (χ1v) is 4.32. The summed E-state index contributed by atoms with van der Waals surface area (Å²) in [7, 11) is 0. The van der Waals surface area contributed by atoms with Crippen LogP contribution in [0.4, 0.5) is 0 Å². The van der Waals surface area contributed by atoms with Crippen LogP contribution in [0.25, 0.3) is 11.3 Å². The molecule has 0 amide bonds. The maximum atomic E-state index is 11.4. The second-order valence-electron chi connectivity index (χ2n) is 2.65. The average molecular weight is 208 g/mol. The summed E-state index contributed by atoms with van der Waals surface area (Å²) in [6, 6.07) is 6.81. The monoisotopic (exact) mass is 207 g/mol. The minimum atomic E-state index is -0.298. The van der Waals surface area contributed by atoms with Gasteiger partial charge in [0.05, 0.1) is 11.3 Å². The fourth-order valence-corrected chi connectivity index (χ4v) is 1.25. The summed E-state index contributed by atoms with van der Waals surface area (Å²) >= 11 is 5.66. The highest BCUT2D eigenvalue weighted by Gasteiger charge is 2.04. The van der Waals surface area contributed by atoms with Crippen LogP contribution >= 0.6 is 11.6 Å². The van der Waals surface area contributed by atoms with Crippen LogP contribution in [-0.2, 0) is 0 Å². The third-order valence-electron chi connectivity index (χ3n) is 1.71. The minimum Gasteiger partial charge on any atom is -0.267 e. The number of aromatic amines is 1. The molecule has 0 aliphatic heterocycles. The number of H-pyrrole nitrogens is 1. The smallest absolute Gasteiger partial charge is 0.267 e. The number of pyridine rings is 1. The van der Waals surface area contributed by atoms with E-state index in [1.54, 1.807) is 24.4 Å². The van der Waals surface area contributed by atoms with Gasteiger partial charge in [-0.25, -0.2) is 5.10 Å². The largest absolute Gasteiger partial charge is 0.273 e. The zero-order valence-corrected chi connectivity index (χ0v) is 7.82. The number of hydrogen-bond acceptors (Lipinski definition) is 3. The van der Waals surface area contributed by atoms with E-state index >= 15 is 0 Å². The maximum absolute atomic E-state index is 11.4. The summed E-state index contributed by atoms with van der Waals surface area (Å²) in [5, 5.41) is 6.10. The van der Waals surface area contributed by atoms with Crippen molar-refractivity contribution in [2.75, 3.05) is 0 Å². The van der Waals surface area contributed by atoms with Gasteiger partial charge in [-0.05, 0) is 18.2 Å². The molecule has 2 heterocycles. The van der Waals surface area contributed by atoms with Gasteiger partial charge in [0, 0.05) is 6.20 Å². The van der Waals surface area contributed by atoms with E-state index in [1.807, 2.05) is 0 Å². The molecule has 0 fully saturated rings. The van der Waals surface area contributed by atoms with Crippen molar-refractivity contribution in [2.45, 2.75) is 0 Å². The van der Waals surface area contributed by atoms with Crippen molar-refractivity contribution in [3.05, 3.63) is 46.0 Å². The molecule has 5 heteroatoms. The average Bonchev–Trinajstić information content (AvgIpc) is 2.23. The Morgan fingerprint density at radius 1 is 1.36 bits per heavy atom. The van der Waals surface area contributed by atoms with E-state index in [4.69, 9.17) is 11.6 Å². The Morgan fingerprint density at radius 3 is 2.93 bits per heavy atom. The van der Waals surface area contributed by atoms with Crippen molar-refractivity contribution in [3.63, 3.8) is 0 Å². The van der Waals surface area contributed by atoms with E-state index in [2.05, 4.69) is 15.2 Å². The van der Waals surface area contributed by atoms with Crippen molar-refractivity contribution in [2.24, 2.45) is 0 Å². The zero-order valence-electron chi connectivity index (χ0n) is 7.07. The van der Waals surface area contributed by atoms with Gasteiger partial charge in [-0.15, -0.1) is 0 Å². The molecular weight excluding hydrogens is 202 g/mol. The van der Waals surface area contributed by atoms with Crippen LogP contribution in [-0.4, -0.2) is 15.2 Å². The molecule has 0 aliphatic rings. The van der Waals surface area contributed by atoms with Gasteiger partial charge >= 0.3 is 0 Å². The van der Waals surface area contributed by atoms with Crippen LogP contribution in [0.1, 0.15) is 0 Å². The number of nitrogens with one attached hydrogen (secondary N) is 1. The van der Waals surface area contributed by atoms with Gasteiger partial charge in [-0.1, -0.05) is 17.7 Å². The van der Waals surface area contributed by atoms with Gasteiger partial charge in [0.2, 0.25) is 0 Å². The van der Waals surface area contributed by atoms with Crippen molar-refractivity contribution in [3.8, 4) is 11.3 Å². The quantitative estimate of drug-likeness (QED) is 0.771. The summed E-state index contributed by atoms with van der Waals surface area (Å²) in [6.07, 6.45) is 1.61. The fraction of sp³-hybridized carbons (Fsp3) is 0. The number of halogens is 1. The van der Waals surface area contributed by atoms with E-state index in [1.165, 1.54) is 6.07 Å². The summed E-state index contributed by atoms with van der Waals surface area (Å²) < 4.78 is 0. The normalized spacial score (nSPS) is 10.1. The molecule has 0 radical (unpaired) electrons. The van der Waals surface area contributed by atoms with Gasteiger partial charge in [-0.3, -0.25) is 9.78 Å². The molecule has 1 N–H and O–H groups in total. The molecule has 0 atom stereocenters. The Labute approximate surface area is 84.6 Å². The lowest BCUT2D eigenvalue weighted by molar-refractivity contribution is 0.989. The first-order chi connectivity index (χ1) is 6.77. The fourth-order valence-electron chi connectivity index (χ4n) is 1.09. The Hall–Kier alpha value is -1.68. The Bertz CT molecular complexity index is 495. The number of rotatable bonds is 1. The van der Waals surface area contributed by atoms with Crippen LogP contribution in [0, 0.1) is 0 Å². The molecule has 2 rings (SSSR count). The standard InChI is InChI=1S/C9H6ClN3O/c10-8-5-6(9(14)13-12-8)7-3-1-2-4-11-7/h1-5H,(H,13,14). The molecule has 70 valence electrons. The van der Waals surface area contributed by atoms with Crippen LogP contribution in [0.3, 0.4) is 0 Å². The van der Waals surface area contributed by atoms with E-state index in [0.717, 1.165) is 0 Å². The SMILES string of the molecule is O=c1[nH]nc(Cl)cc1-c1ccccn1. The van der Waals surface area contributed by atoms with Crippen LogP contribution in [0.5, 0.6) is 0 Å². The van der Waals surface area contributed by atoms with E-state index in [9.17, 15) is 4.79 Å². The predicted octanol–water partition coefficient (Wildman–Crippen LogP) is 1.49. The molecule has 0 bridgehead atoms. The van der Waals surface area contributed by atoms with Gasteiger partial charge < -0.3 is 0 Å². The second kappa shape index (κ2) is 3.59. The van der Waals surface area contributed by atoms with E-state index in [0.29, 0.717) is 11.3 Å². The molecular formula is C9H6ClN3O. The summed E-state index contributed by atoms with van der Waals surface area (Å²) in [5.74, 6) is 0. The maximum Gasteiger partial charge on any atom is 0.273 e. The number of nitrogens with zero attached hydrogens (tertiary/aromatic N) is 2. The van der Waals surface area contributed by atoms with Gasteiger partial charge in [0.1, 0.15) is 5.15 Å². The summed E-state index contributed by atoms with van der Waals surface area (Å²) in [5.41, 5.74) is 0.705. The van der Waals surface area contributed by atoms with Crippen molar-refractivity contribution < 1.29 is 0 Å². The molecule has 2 aromatic rings. The highest BCUT2D eigenvalue weighted by molar-refractivity contribution is 6.29. The number of aromatic nitrogens is 3. The molecule has 0 saturated carbocycles. The highest BCUT2D eigenvalue weighted by Crippen LogP contribution is 2.13. The highest BCUT2D eigenvalue weighted by atomic mass is 35.5. The lowest BCUT2D eigenvalue weighted by Gasteiger charge is -1.97. The summed E-state index contributed by atoms with van der Waals surface area (Å²) in [4.78, 5) is 15.4. The van der Waals surface area contributed by atoms with Crippen LogP contribution in [0.15, 0.2) is 35.3 Å². The van der Waals surface area contributed by atoms with E-state index in [-0.39, 0.29) is 10.7 Å². The van der Waals surface area contributed by atoms with Gasteiger partial charge in [0.15, 0.2) is 0 Å². The third kappa shape index (κ3) is 1.65. The Morgan fingerprint density at radius 2 is 2.21 bits per heavy atom. The first-order valence-electron chi connectivity index (χ1n) is 3.94. The molecule has 4 nitrogen and oxygen atoms in total. The Balaban J connectivity index is 2.63. The zero-order chi connectivity index (χ0) is 9.97. The lowest BCUT2D eigenvalue weighted by Crippen LogP contribution is -2.10. The Kier molecular flexibility index (Phi) is 2.28. The van der Waals surface area contributed by atoms with Crippen LogP contribution < -0.4 is 5.56 Å². The van der Waals surface area contributed by atoms with Gasteiger partial charge in [0.25, 0.3) is 5.56 Å². The molecule has 14 heavy (non-hydrogen) atoms. The lowest BCUT2D eigenvalue weighted by atomic mass is 10.2. The van der Waals surface area contributed by atoms with Crippen molar-refractivity contribution in [1.82, 2.24) is 15.2 Å². The van der Waals surface area contributed by atoms with E-state index < -0.39 is 0 Å². The third-order valence-corrected chi connectivity index (χ3v) is 1.91. The predicted molar refractivity (Wildman–Crippen MR) is 53.1 cm³/mol. The molecule has 0 spiro atoms. The molecule has 0 unspecified atom stereocenters. The second-order valence-corrected chi connectivity index (χ2v) is 3.04. The molecule has 0 aliphatic carbocycles. The molecule has 2 aromatic heterocycles. The molecule has 0 saturated heterocycles. The van der Waals surface area contributed by atoms with Crippen molar-refractivity contribution in [1.29, 1.82) is 0 Å². The van der Waals surface area contributed by atoms with Gasteiger partial charge in [-0.2, -0.15) is 5.10 Å². The summed E-state index contributed by atoms with van der Waals surface area (Å²) in [6.45, 7) is 0. The first kappa shape index (κ1) is 8.90.